The summed E-state index contributed by atoms with van der Waals surface area (Å²) in [6.07, 6.45) is 0. The first-order chi connectivity index (χ1) is 10.1. The summed E-state index contributed by atoms with van der Waals surface area (Å²) in [6, 6.07) is 13.9. The molecule has 1 aromatic heterocycles. The lowest BCUT2D eigenvalue weighted by molar-refractivity contribution is 0.968. The number of fused-ring (bicyclic) bond motifs is 1. The van der Waals surface area contributed by atoms with Gasteiger partial charge in [0, 0.05) is 19.1 Å². The summed E-state index contributed by atoms with van der Waals surface area (Å²) in [6.45, 7) is 0. The normalized spacial score (nSPS) is 11.0. The van der Waals surface area contributed by atoms with Crippen molar-refractivity contribution in [2.75, 3.05) is 19.0 Å². The van der Waals surface area contributed by atoms with Crippen LogP contribution in [0.3, 0.4) is 0 Å². The van der Waals surface area contributed by atoms with Crippen molar-refractivity contribution in [2.45, 2.75) is 5.88 Å². The smallest absolute Gasteiger partial charge is 0.129 e. The molecule has 0 amide bonds. The molecule has 0 N–H and O–H groups in total. The van der Waals surface area contributed by atoms with Crippen molar-refractivity contribution in [2.24, 2.45) is 0 Å². The summed E-state index contributed by atoms with van der Waals surface area (Å²) < 4.78 is 2.07. The topological polar surface area (TPSA) is 21.1 Å². The van der Waals surface area contributed by atoms with Crippen LogP contribution in [0.25, 0.3) is 16.7 Å². The molecule has 3 aromatic rings. The fourth-order valence-electron chi connectivity index (χ4n) is 2.49. The molecule has 0 saturated heterocycles. The van der Waals surface area contributed by atoms with Crippen LogP contribution in [0.5, 0.6) is 0 Å². The molecule has 2 aromatic carbocycles. The number of halogens is 2. The molecule has 21 heavy (non-hydrogen) atoms. The van der Waals surface area contributed by atoms with Crippen LogP contribution >= 0.6 is 23.2 Å². The third-order valence-corrected chi connectivity index (χ3v) is 3.88. The zero-order valence-corrected chi connectivity index (χ0v) is 13.4. The van der Waals surface area contributed by atoms with E-state index in [4.69, 9.17) is 23.2 Å². The van der Waals surface area contributed by atoms with Crippen LogP contribution < -0.4 is 4.90 Å². The summed E-state index contributed by atoms with van der Waals surface area (Å²) in [5, 5.41) is 0.687. The van der Waals surface area contributed by atoms with E-state index >= 15 is 0 Å². The van der Waals surface area contributed by atoms with Gasteiger partial charge in [0.15, 0.2) is 0 Å². The molecule has 0 spiro atoms. The summed E-state index contributed by atoms with van der Waals surface area (Å²) in [5.74, 6) is 1.15. The van der Waals surface area contributed by atoms with E-state index in [9.17, 15) is 0 Å². The predicted octanol–water partition coefficient (Wildman–Crippen LogP) is 4.48. The second-order valence-corrected chi connectivity index (χ2v) is 5.72. The van der Waals surface area contributed by atoms with E-state index in [0.717, 1.165) is 28.2 Å². The molecule has 1 heterocycles. The fraction of sp³-hybridized carbons (Fsp3) is 0.188. The van der Waals surface area contributed by atoms with E-state index in [1.807, 2.05) is 44.4 Å². The Balaban J connectivity index is 2.36. The molecular weight excluding hydrogens is 305 g/mol. The monoisotopic (exact) mass is 319 g/mol. The molecule has 0 aliphatic carbocycles. The predicted molar refractivity (Wildman–Crippen MR) is 90.0 cm³/mol. The third-order valence-electron chi connectivity index (χ3n) is 3.41. The summed E-state index contributed by atoms with van der Waals surface area (Å²) in [5.41, 5.74) is 4.00. The van der Waals surface area contributed by atoms with Gasteiger partial charge in [-0.2, -0.15) is 0 Å². The maximum absolute atomic E-state index is 6.15. The van der Waals surface area contributed by atoms with E-state index in [-0.39, 0.29) is 0 Å². The standard InChI is InChI=1S/C16H15Cl2N3/c1-20(2)13-5-3-4-6-14(13)21-15-9-11(18)7-8-12(15)19-16(21)10-17/h3-9H,10H2,1-2H3. The Hall–Kier alpha value is -1.71. The number of rotatable bonds is 3. The van der Waals surface area contributed by atoms with Crippen molar-refractivity contribution < 1.29 is 0 Å². The number of benzene rings is 2. The molecule has 0 radical (unpaired) electrons. The first-order valence-electron chi connectivity index (χ1n) is 6.61. The van der Waals surface area contributed by atoms with Crippen molar-refractivity contribution >= 4 is 39.9 Å². The van der Waals surface area contributed by atoms with Gasteiger partial charge >= 0.3 is 0 Å². The Morgan fingerprint density at radius 2 is 1.90 bits per heavy atom. The zero-order chi connectivity index (χ0) is 15.0. The first-order valence-corrected chi connectivity index (χ1v) is 7.52. The van der Waals surface area contributed by atoms with Gasteiger partial charge < -0.3 is 4.90 Å². The van der Waals surface area contributed by atoms with Crippen molar-refractivity contribution in [1.82, 2.24) is 9.55 Å². The summed E-state index contributed by atoms with van der Waals surface area (Å²) >= 11 is 12.2. The lowest BCUT2D eigenvalue weighted by Gasteiger charge is -2.19. The molecule has 3 nitrogen and oxygen atoms in total. The molecule has 5 heteroatoms. The van der Waals surface area contributed by atoms with Crippen LogP contribution in [0.15, 0.2) is 42.5 Å². The Labute approximate surface area is 133 Å². The van der Waals surface area contributed by atoms with Gasteiger partial charge in [0.25, 0.3) is 0 Å². The minimum absolute atomic E-state index is 0.341. The van der Waals surface area contributed by atoms with E-state index in [1.54, 1.807) is 0 Å². The third kappa shape index (κ3) is 2.47. The molecular formula is C16H15Cl2N3. The van der Waals surface area contributed by atoms with Crippen LogP contribution in [0, 0.1) is 0 Å². The lowest BCUT2D eigenvalue weighted by Crippen LogP contribution is -2.13. The minimum atomic E-state index is 0.341. The number of aromatic nitrogens is 2. The van der Waals surface area contributed by atoms with Gasteiger partial charge in [-0.1, -0.05) is 23.7 Å². The highest BCUT2D eigenvalue weighted by Gasteiger charge is 2.15. The van der Waals surface area contributed by atoms with E-state index < -0.39 is 0 Å². The highest BCUT2D eigenvalue weighted by molar-refractivity contribution is 6.31. The number of alkyl halides is 1. The first kappa shape index (κ1) is 14.2. The molecule has 108 valence electrons. The number of nitrogens with zero attached hydrogens (tertiary/aromatic N) is 3. The molecule has 0 unspecified atom stereocenters. The van der Waals surface area contributed by atoms with Gasteiger partial charge in [-0.3, -0.25) is 4.57 Å². The molecule has 0 atom stereocenters. The van der Waals surface area contributed by atoms with Gasteiger partial charge in [0.05, 0.1) is 28.3 Å². The number of hydrogen-bond donors (Lipinski definition) is 0. The molecule has 0 fully saturated rings. The van der Waals surface area contributed by atoms with Crippen molar-refractivity contribution in [3.63, 3.8) is 0 Å². The average Bonchev–Trinajstić information content (AvgIpc) is 2.84. The molecule has 0 bridgehead atoms. The SMILES string of the molecule is CN(C)c1ccccc1-n1c(CCl)nc2ccc(Cl)cc21. The van der Waals surface area contributed by atoms with Crippen molar-refractivity contribution in [3.8, 4) is 5.69 Å². The fourth-order valence-corrected chi connectivity index (χ4v) is 2.83. The van der Waals surface area contributed by atoms with Crippen LogP contribution in [0.2, 0.25) is 5.02 Å². The summed E-state index contributed by atoms with van der Waals surface area (Å²) in [7, 11) is 4.04. The highest BCUT2D eigenvalue weighted by Crippen LogP contribution is 2.30. The van der Waals surface area contributed by atoms with Crippen LogP contribution in [0.1, 0.15) is 5.82 Å². The number of para-hydroxylation sites is 2. The second-order valence-electron chi connectivity index (χ2n) is 5.01. The molecule has 0 aliphatic rings. The minimum Gasteiger partial charge on any atom is -0.376 e. The zero-order valence-electron chi connectivity index (χ0n) is 11.8. The highest BCUT2D eigenvalue weighted by atomic mass is 35.5. The average molecular weight is 320 g/mol. The summed E-state index contributed by atoms with van der Waals surface area (Å²) in [4.78, 5) is 6.68. The number of hydrogen-bond acceptors (Lipinski definition) is 2. The maximum Gasteiger partial charge on any atom is 0.129 e. The number of imidazole rings is 1. The number of anilines is 1. The van der Waals surface area contributed by atoms with Gasteiger partial charge in [-0.05, 0) is 30.3 Å². The van der Waals surface area contributed by atoms with Gasteiger partial charge in [-0.15, -0.1) is 11.6 Å². The van der Waals surface area contributed by atoms with Crippen molar-refractivity contribution in [3.05, 3.63) is 53.3 Å². The Morgan fingerprint density at radius 1 is 1.14 bits per heavy atom. The van der Waals surface area contributed by atoms with Gasteiger partial charge in [0.1, 0.15) is 5.82 Å². The molecule has 0 saturated carbocycles. The van der Waals surface area contributed by atoms with Gasteiger partial charge in [0.2, 0.25) is 0 Å². The Kier molecular flexibility index (Phi) is 3.79. The Bertz CT molecular complexity index is 793. The van der Waals surface area contributed by atoms with Gasteiger partial charge in [-0.25, -0.2) is 4.98 Å². The van der Waals surface area contributed by atoms with E-state index in [2.05, 4.69) is 26.6 Å². The lowest BCUT2D eigenvalue weighted by atomic mass is 10.2. The largest absolute Gasteiger partial charge is 0.376 e. The second kappa shape index (κ2) is 5.58. The van der Waals surface area contributed by atoms with Crippen LogP contribution in [-0.2, 0) is 5.88 Å². The van der Waals surface area contributed by atoms with Crippen LogP contribution in [-0.4, -0.2) is 23.6 Å². The van der Waals surface area contributed by atoms with E-state index in [1.165, 1.54) is 0 Å². The molecule has 0 aliphatic heterocycles. The maximum atomic E-state index is 6.15. The van der Waals surface area contributed by atoms with E-state index in [0.29, 0.717) is 10.9 Å². The van der Waals surface area contributed by atoms with Crippen LogP contribution in [0.4, 0.5) is 5.69 Å². The Morgan fingerprint density at radius 3 is 2.62 bits per heavy atom. The van der Waals surface area contributed by atoms with Crippen molar-refractivity contribution in [1.29, 1.82) is 0 Å². The quantitative estimate of drug-likeness (QED) is 0.663. The molecule has 3 rings (SSSR count).